The van der Waals surface area contributed by atoms with E-state index in [1.54, 1.807) is 19.9 Å². The number of aliphatic hydroxyl groups is 3. The lowest BCUT2D eigenvalue weighted by atomic mass is 9.88. The molecule has 0 radical (unpaired) electrons. The summed E-state index contributed by atoms with van der Waals surface area (Å²) in [5.41, 5.74) is -0.866. The van der Waals surface area contributed by atoms with E-state index in [1.807, 2.05) is 12.2 Å². The zero-order valence-corrected chi connectivity index (χ0v) is 16.7. The summed E-state index contributed by atoms with van der Waals surface area (Å²) in [6.45, 7) is 5.55. The van der Waals surface area contributed by atoms with Gasteiger partial charge in [0.15, 0.2) is 0 Å². The van der Waals surface area contributed by atoms with E-state index in [4.69, 9.17) is 0 Å². The molecule has 0 aromatic heterocycles. The first-order chi connectivity index (χ1) is 12.3. The maximum Gasteiger partial charge on any atom is 0.129 e. The predicted octanol–water partition coefficient (Wildman–Crippen LogP) is 3.94. The molecule has 0 aromatic rings. The normalized spacial score (nSPS) is 28.8. The third kappa shape index (κ3) is 8.61. The minimum absolute atomic E-state index is 0.0308. The highest BCUT2D eigenvalue weighted by atomic mass is 16.3. The summed E-state index contributed by atoms with van der Waals surface area (Å²) in [6.07, 6.45) is 14.0. The standard InChI is InChI=1S/C22H38O4/c1-4-5-10-14-22(3,26)15-13-19-18(20(24)16-21(19)25)12-9-7-6-8-11-17(2)23/h7,9,13,15,18-21,24-26H,4-6,8,10-12,14,16H2,1-3H3/b9-7-,15-13+/t18-,19-,20+,21-,22+/m1/s1. The van der Waals surface area contributed by atoms with Crippen molar-refractivity contribution in [1.29, 1.82) is 0 Å². The Morgan fingerprint density at radius 3 is 2.54 bits per heavy atom. The second-order valence-electron chi connectivity index (χ2n) is 8.09. The molecule has 3 N–H and O–H groups in total. The van der Waals surface area contributed by atoms with E-state index >= 15 is 0 Å². The van der Waals surface area contributed by atoms with Crippen molar-refractivity contribution in [2.24, 2.45) is 11.8 Å². The zero-order valence-electron chi connectivity index (χ0n) is 16.7. The van der Waals surface area contributed by atoms with Gasteiger partial charge in [-0.1, -0.05) is 50.5 Å². The number of unbranched alkanes of at least 4 members (excludes halogenated alkanes) is 3. The maximum atomic E-state index is 10.9. The SMILES string of the molecule is CCCCC[C@](C)(O)/C=C/[C@@H]1[C@@H](C/C=C\CCCC(C)=O)[C@@H](O)C[C@H]1O. The quantitative estimate of drug-likeness (QED) is 0.361. The number of carbonyl (C=O) groups is 1. The lowest BCUT2D eigenvalue weighted by Gasteiger charge is -2.23. The molecule has 26 heavy (non-hydrogen) atoms. The van der Waals surface area contributed by atoms with Crippen molar-refractivity contribution < 1.29 is 20.1 Å². The molecule has 4 heteroatoms. The van der Waals surface area contributed by atoms with Crippen molar-refractivity contribution in [2.45, 2.75) is 96.4 Å². The Morgan fingerprint density at radius 2 is 1.88 bits per heavy atom. The predicted molar refractivity (Wildman–Crippen MR) is 106 cm³/mol. The smallest absolute Gasteiger partial charge is 0.129 e. The van der Waals surface area contributed by atoms with Gasteiger partial charge in [0.05, 0.1) is 17.8 Å². The molecule has 0 aliphatic heterocycles. The van der Waals surface area contributed by atoms with Crippen LogP contribution in [0.15, 0.2) is 24.3 Å². The number of ketones is 1. The maximum absolute atomic E-state index is 10.9. The molecule has 0 bridgehead atoms. The number of aliphatic hydroxyl groups excluding tert-OH is 2. The molecule has 1 rings (SSSR count). The monoisotopic (exact) mass is 366 g/mol. The van der Waals surface area contributed by atoms with Gasteiger partial charge in [0, 0.05) is 18.8 Å². The highest BCUT2D eigenvalue weighted by molar-refractivity contribution is 5.75. The molecule has 0 unspecified atom stereocenters. The van der Waals surface area contributed by atoms with Crippen LogP contribution >= 0.6 is 0 Å². The van der Waals surface area contributed by atoms with Crippen LogP contribution in [0.4, 0.5) is 0 Å². The van der Waals surface area contributed by atoms with E-state index in [2.05, 4.69) is 13.0 Å². The highest BCUT2D eigenvalue weighted by Gasteiger charge is 2.39. The molecule has 0 aromatic carbocycles. The van der Waals surface area contributed by atoms with E-state index in [9.17, 15) is 20.1 Å². The Kier molecular flexibility index (Phi) is 10.4. The van der Waals surface area contributed by atoms with Gasteiger partial charge in [0.25, 0.3) is 0 Å². The molecular weight excluding hydrogens is 328 g/mol. The summed E-state index contributed by atoms with van der Waals surface area (Å²) in [5, 5.41) is 31.0. The molecular formula is C22H38O4. The van der Waals surface area contributed by atoms with Gasteiger partial charge in [-0.15, -0.1) is 0 Å². The summed E-state index contributed by atoms with van der Waals surface area (Å²) in [5.74, 6) is 0.0465. The van der Waals surface area contributed by atoms with Crippen LogP contribution < -0.4 is 0 Å². The summed E-state index contributed by atoms with van der Waals surface area (Å²) in [7, 11) is 0. The van der Waals surface area contributed by atoms with Crippen LogP contribution in [0, 0.1) is 11.8 Å². The first-order valence-corrected chi connectivity index (χ1v) is 10.2. The van der Waals surface area contributed by atoms with Gasteiger partial charge in [-0.3, -0.25) is 0 Å². The van der Waals surface area contributed by atoms with Gasteiger partial charge in [0.1, 0.15) is 5.78 Å². The van der Waals surface area contributed by atoms with Gasteiger partial charge >= 0.3 is 0 Å². The van der Waals surface area contributed by atoms with Crippen LogP contribution in [0.2, 0.25) is 0 Å². The lowest BCUT2D eigenvalue weighted by Crippen LogP contribution is -2.24. The van der Waals surface area contributed by atoms with Crippen molar-refractivity contribution in [3.05, 3.63) is 24.3 Å². The highest BCUT2D eigenvalue weighted by Crippen LogP contribution is 2.37. The van der Waals surface area contributed by atoms with Crippen molar-refractivity contribution in [3.8, 4) is 0 Å². The molecule has 1 fully saturated rings. The summed E-state index contributed by atoms with van der Waals surface area (Å²) in [4.78, 5) is 10.9. The second-order valence-corrected chi connectivity index (χ2v) is 8.09. The summed E-state index contributed by atoms with van der Waals surface area (Å²) in [6, 6.07) is 0. The number of allylic oxidation sites excluding steroid dienone is 2. The van der Waals surface area contributed by atoms with Crippen LogP contribution in [-0.2, 0) is 4.79 Å². The Bertz CT molecular complexity index is 467. The topological polar surface area (TPSA) is 77.8 Å². The molecule has 5 atom stereocenters. The van der Waals surface area contributed by atoms with E-state index in [0.29, 0.717) is 25.7 Å². The van der Waals surface area contributed by atoms with Gasteiger partial charge < -0.3 is 20.1 Å². The molecule has 1 aliphatic carbocycles. The number of hydrogen-bond donors (Lipinski definition) is 3. The van der Waals surface area contributed by atoms with Crippen molar-refractivity contribution >= 4 is 5.78 Å². The fourth-order valence-corrected chi connectivity index (χ4v) is 3.68. The van der Waals surface area contributed by atoms with Crippen LogP contribution in [0.1, 0.15) is 78.6 Å². The van der Waals surface area contributed by atoms with Crippen molar-refractivity contribution in [2.75, 3.05) is 0 Å². The fraction of sp³-hybridized carbons (Fsp3) is 0.773. The van der Waals surface area contributed by atoms with Crippen LogP contribution in [-0.4, -0.2) is 38.9 Å². The van der Waals surface area contributed by atoms with E-state index in [1.165, 1.54) is 0 Å². The van der Waals surface area contributed by atoms with Crippen LogP contribution in [0.3, 0.4) is 0 Å². The molecule has 150 valence electrons. The molecule has 0 saturated heterocycles. The average molecular weight is 367 g/mol. The number of rotatable bonds is 12. The zero-order chi connectivity index (χ0) is 19.6. The lowest BCUT2D eigenvalue weighted by molar-refractivity contribution is -0.117. The largest absolute Gasteiger partial charge is 0.393 e. The molecule has 0 heterocycles. The van der Waals surface area contributed by atoms with Gasteiger partial charge in [0.2, 0.25) is 0 Å². The Balaban J connectivity index is 2.56. The molecule has 1 saturated carbocycles. The minimum Gasteiger partial charge on any atom is -0.393 e. The number of Topliss-reactive ketones (excluding diaryl/α,β-unsaturated/α-hetero) is 1. The minimum atomic E-state index is -0.866. The van der Waals surface area contributed by atoms with Gasteiger partial charge in [-0.2, -0.15) is 0 Å². The molecule has 1 aliphatic rings. The molecule has 0 spiro atoms. The fourth-order valence-electron chi connectivity index (χ4n) is 3.68. The van der Waals surface area contributed by atoms with Gasteiger partial charge in [-0.25, -0.2) is 0 Å². The summed E-state index contributed by atoms with van der Waals surface area (Å²) < 4.78 is 0. The number of carbonyl (C=O) groups excluding carboxylic acids is 1. The van der Waals surface area contributed by atoms with Crippen molar-refractivity contribution in [1.82, 2.24) is 0 Å². The Hall–Kier alpha value is -0.970. The van der Waals surface area contributed by atoms with E-state index in [0.717, 1.165) is 32.1 Å². The number of hydrogen-bond acceptors (Lipinski definition) is 4. The second kappa shape index (κ2) is 11.7. The van der Waals surface area contributed by atoms with Crippen LogP contribution in [0.5, 0.6) is 0 Å². The third-order valence-corrected chi connectivity index (χ3v) is 5.35. The Morgan fingerprint density at radius 1 is 1.15 bits per heavy atom. The third-order valence-electron chi connectivity index (χ3n) is 5.35. The molecule has 0 amide bonds. The van der Waals surface area contributed by atoms with Crippen LogP contribution in [0.25, 0.3) is 0 Å². The van der Waals surface area contributed by atoms with E-state index in [-0.39, 0.29) is 17.6 Å². The van der Waals surface area contributed by atoms with Crippen molar-refractivity contribution in [3.63, 3.8) is 0 Å². The first kappa shape index (κ1) is 23.1. The first-order valence-electron chi connectivity index (χ1n) is 10.2. The van der Waals surface area contributed by atoms with Gasteiger partial charge in [-0.05, 0) is 45.4 Å². The Labute approximate surface area is 159 Å². The average Bonchev–Trinajstić information content (AvgIpc) is 2.82. The molecule has 4 nitrogen and oxygen atoms in total. The van der Waals surface area contributed by atoms with E-state index < -0.39 is 17.8 Å². The summed E-state index contributed by atoms with van der Waals surface area (Å²) >= 11 is 0.